The quantitative estimate of drug-likeness (QED) is 0.320. The molecule has 0 bridgehead atoms. The summed E-state index contributed by atoms with van der Waals surface area (Å²) in [5, 5.41) is 2.34. The number of fused-ring (bicyclic) bond motifs is 1. The van der Waals surface area contributed by atoms with Gasteiger partial charge in [-0.05, 0) is 60.2 Å². The molecule has 0 aliphatic carbocycles. The van der Waals surface area contributed by atoms with Gasteiger partial charge in [-0.2, -0.15) is 0 Å². The van der Waals surface area contributed by atoms with E-state index in [9.17, 15) is 4.39 Å². The van der Waals surface area contributed by atoms with Gasteiger partial charge in [0.15, 0.2) is 0 Å². The van der Waals surface area contributed by atoms with Crippen LogP contribution in [0.1, 0.15) is 31.7 Å². The standard InChI is InChI=1S/C24H25FN2O/c1-3-13-28-24-26-16-23(17-27-24)22-12-11-20-14-19(9-10-21(20)15-22)8-6-4-5-7-18(2)25/h3,6,8-12,14-18H,1,4-5,7,13H2,2H3/b8-6+. The second-order valence-corrected chi connectivity index (χ2v) is 6.79. The van der Waals surface area contributed by atoms with Crippen LogP contribution in [0.5, 0.6) is 6.01 Å². The lowest BCUT2D eigenvalue weighted by Gasteiger charge is -2.06. The van der Waals surface area contributed by atoms with Crippen LogP contribution in [0.25, 0.3) is 28.0 Å². The summed E-state index contributed by atoms with van der Waals surface area (Å²) in [5.74, 6) is 0. The molecule has 0 fully saturated rings. The van der Waals surface area contributed by atoms with Crippen molar-refractivity contribution in [3.63, 3.8) is 0 Å². The van der Waals surface area contributed by atoms with Gasteiger partial charge >= 0.3 is 6.01 Å². The third-order valence-corrected chi connectivity index (χ3v) is 4.44. The minimum absolute atomic E-state index is 0.349. The van der Waals surface area contributed by atoms with Crippen LogP contribution in [-0.4, -0.2) is 22.7 Å². The second kappa shape index (κ2) is 9.79. The first kappa shape index (κ1) is 19.7. The minimum atomic E-state index is -0.718. The van der Waals surface area contributed by atoms with Crippen LogP contribution in [0.3, 0.4) is 0 Å². The molecular weight excluding hydrogens is 351 g/mol. The van der Waals surface area contributed by atoms with E-state index < -0.39 is 6.17 Å². The minimum Gasteiger partial charge on any atom is -0.459 e. The van der Waals surface area contributed by atoms with Gasteiger partial charge in [0, 0.05) is 18.0 Å². The molecule has 0 saturated heterocycles. The molecule has 3 rings (SSSR count). The lowest BCUT2D eigenvalue weighted by molar-refractivity contribution is 0.333. The van der Waals surface area contributed by atoms with E-state index in [4.69, 9.17) is 4.74 Å². The van der Waals surface area contributed by atoms with E-state index in [1.807, 2.05) is 0 Å². The number of hydrogen-bond donors (Lipinski definition) is 0. The molecule has 0 saturated carbocycles. The number of hydrogen-bond acceptors (Lipinski definition) is 3. The Morgan fingerprint density at radius 1 is 1.07 bits per heavy atom. The zero-order valence-electron chi connectivity index (χ0n) is 16.1. The fraction of sp³-hybridized carbons (Fsp3) is 0.250. The van der Waals surface area contributed by atoms with Crippen molar-refractivity contribution in [1.29, 1.82) is 0 Å². The zero-order valence-corrected chi connectivity index (χ0v) is 16.1. The smallest absolute Gasteiger partial charge is 0.316 e. The van der Waals surface area contributed by atoms with E-state index in [1.54, 1.807) is 25.4 Å². The van der Waals surface area contributed by atoms with E-state index in [0.29, 0.717) is 19.0 Å². The molecule has 0 spiro atoms. The summed E-state index contributed by atoms with van der Waals surface area (Å²) in [6.07, 6.45) is 11.1. The van der Waals surface area contributed by atoms with Gasteiger partial charge in [-0.15, -0.1) is 0 Å². The number of ether oxygens (including phenoxy) is 1. The molecule has 2 aromatic carbocycles. The van der Waals surface area contributed by atoms with Gasteiger partial charge in [-0.1, -0.05) is 49.1 Å². The Hall–Kier alpha value is -3.01. The van der Waals surface area contributed by atoms with E-state index in [0.717, 1.165) is 34.9 Å². The molecule has 0 amide bonds. The molecule has 4 heteroatoms. The van der Waals surface area contributed by atoms with Crippen molar-refractivity contribution in [2.45, 2.75) is 32.4 Å². The maximum atomic E-state index is 12.8. The van der Waals surface area contributed by atoms with E-state index in [-0.39, 0.29) is 0 Å². The number of allylic oxidation sites excluding steroid dienone is 1. The normalized spacial score (nSPS) is 12.4. The summed E-state index contributed by atoms with van der Waals surface area (Å²) in [5.41, 5.74) is 3.16. The van der Waals surface area contributed by atoms with Gasteiger partial charge in [0.1, 0.15) is 6.61 Å². The van der Waals surface area contributed by atoms with Crippen LogP contribution in [0.2, 0.25) is 0 Å². The lowest BCUT2D eigenvalue weighted by atomic mass is 10.0. The molecule has 1 aromatic heterocycles. The van der Waals surface area contributed by atoms with Crippen molar-refractivity contribution in [3.05, 3.63) is 73.1 Å². The van der Waals surface area contributed by atoms with Gasteiger partial charge in [0.2, 0.25) is 0 Å². The van der Waals surface area contributed by atoms with Gasteiger partial charge in [0.05, 0.1) is 6.17 Å². The number of nitrogens with zero attached hydrogens (tertiary/aromatic N) is 2. The molecule has 144 valence electrons. The predicted octanol–water partition coefficient (Wildman–Crippen LogP) is 6.40. The first-order valence-electron chi connectivity index (χ1n) is 9.56. The van der Waals surface area contributed by atoms with Crippen molar-refractivity contribution in [3.8, 4) is 17.1 Å². The third kappa shape index (κ3) is 5.49. The Labute approximate surface area is 165 Å². The van der Waals surface area contributed by atoms with Crippen molar-refractivity contribution < 1.29 is 9.13 Å². The number of aromatic nitrogens is 2. The molecule has 3 nitrogen and oxygen atoms in total. The van der Waals surface area contributed by atoms with Crippen LogP contribution in [0, 0.1) is 0 Å². The molecular formula is C24H25FN2O. The lowest BCUT2D eigenvalue weighted by Crippen LogP contribution is -1.97. The molecule has 28 heavy (non-hydrogen) atoms. The second-order valence-electron chi connectivity index (χ2n) is 6.79. The molecule has 1 heterocycles. The topological polar surface area (TPSA) is 35.0 Å². The fourth-order valence-electron chi connectivity index (χ4n) is 2.96. The Kier molecular flexibility index (Phi) is 6.90. The largest absolute Gasteiger partial charge is 0.459 e. The van der Waals surface area contributed by atoms with Crippen molar-refractivity contribution in [2.24, 2.45) is 0 Å². The predicted molar refractivity (Wildman–Crippen MR) is 114 cm³/mol. The monoisotopic (exact) mass is 376 g/mol. The van der Waals surface area contributed by atoms with Gasteiger partial charge in [-0.25, -0.2) is 14.4 Å². The van der Waals surface area contributed by atoms with Crippen molar-refractivity contribution in [1.82, 2.24) is 9.97 Å². The Balaban J connectivity index is 1.70. The highest BCUT2D eigenvalue weighted by Gasteiger charge is 2.03. The molecule has 0 N–H and O–H groups in total. The van der Waals surface area contributed by atoms with E-state index >= 15 is 0 Å². The maximum Gasteiger partial charge on any atom is 0.316 e. The summed E-state index contributed by atoms with van der Waals surface area (Å²) in [6, 6.07) is 13.0. The molecule has 1 atom stereocenters. The average molecular weight is 376 g/mol. The summed E-state index contributed by atoms with van der Waals surface area (Å²) >= 11 is 0. The van der Waals surface area contributed by atoms with Gasteiger partial charge in [-0.3, -0.25) is 0 Å². The number of benzene rings is 2. The first-order chi connectivity index (χ1) is 13.7. The number of rotatable bonds is 9. The highest BCUT2D eigenvalue weighted by Crippen LogP contribution is 2.25. The summed E-state index contributed by atoms with van der Waals surface area (Å²) in [7, 11) is 0. The fourth-order valence-corrected chi connectivity index (χ4v) is 2.96. The Bertz CT molecular complexity index is 948. The number of unbranched alkanes of at least 4 members (excludes halogenated alkanes) is 1. The van der Waals surface area contributed by atoms with Gasteiger partial charge in [0.25, 0.3) is 0 Å². The molecule has 0 aliphatic heterocycles. The Morgan fingerprint density at radius 2 is 1.82 bits per heavy atom. The van der Waals surface area contributed by atoms with Crippen molar-refractivity contribution >= 4 is 16.8 Å². The van der Waals surface area contributed by atoms with Crippen LogP contribution in [0.4, 0.5) is 4.39 Å². The zero-order chi connectivity index (χ0) is 19.8. The molecule has 1 unspecified atom stereocenters. The third-order valence-electron chi connectivity index (χ3n) is 4.44. The van der Waals surface area contributed by atoms with Crippen LogP contribution in [0.15, 0.2) is 67.5 Å². The Morgan fingerprint density at radius 3 is 2.57 bits per heavy atom. The molecule has 0 radical (unpaired) electrons. The van der Waals surface area contributed by atoms with E-state index in [1.165, 1.54) is 5.39 Å². The first-order valence-corrected chi connectivity index (χ1v) is 9.56. The molecule has 0 aliphatic rings. The summed E-state index contributed by atoms with van der Waals surface area (Å²) < 4.78 is 18.1. The van der Waals surface area contributed by atoms with Crippen LogP contribution < -0.4 is 4.74 Å². The van der Waals surface area contributed by atoms with E-state index in [2.05, 4.69) is 65.1 Å². The van der Waals surface area contributed by atoms with Crippen LogP contribution in [-0.2, 0) is 0 Å². The SMILES string of the molecule is C=CCOc1ncc(-c2ccc3cc(/C=C/CCCC(C)F)ccc3c2)cn1. The molecule has 3 aromatic rings. The van der Waals surface area contributed by atoms with Gasteiger partial charge < -0.3 is 4.74 Å². The maximum absolute atomic E-state index is 12.8. The van der Waals surface area contributed by atoms with Crippen molar-refractivity contribution in [2.75, 3.05) is 6.61 Å². The highest BCUT2D eigenvalue weighted by atomic mass is 19.1. The average Bonchev–Trinajstić information content (AvgIpc) is 2.71. The van der Waals surface area contributed by atoms with Crippen LogP contribution >= 0.6 is 0 Å². The highest BCUT2D eigenvalue weighted by molar-refractivity contribution is 5.88. The summed E-state index contributed by atoms with van der Waals surface area (Å²) in [4.78, 5) is 8.47. The number of halogens is 1. The summed E-state index contributed by atoms with van der Waals surface area (Å²) in [6.45, 7) is 5.61. The number of alkyl halides is 1.